The smallest absolute Gasteiger partial charge is 0.119 e. The van der Waals surface area contributed by atoms with E-state index in [-0.39, 0.29) is 0 Å². The number of rotatable bonds is 7. The molecule has 0 aliphatic rings. The number of halogens is 1. The van der Waals surface area contributed by atoms with Gasteiger partial charge in [0.25, 0.3) is 0 Å². The van der Waals surface area contributed by atoms with E-state index in [0.717, 1.165) is 29.3 Å². The van der Waals surface area contributed by atoms with Crippen LogP contribution in [0, 0.1) is 0 Å². The molecule has 0 spiro atoms. The van der Waals surface area contributed by atoms with E-state index >= 15 is 0 Å². The van der Waals surface area contributed by atoms with Crippen molar-refractivity contribution in [1.82, 2.24) is 5.32 Å². The Hall–Kier alpha value is -1.51. The van der Waals surface area contributed by atoms with Gasteiger partial charge in [-0.2, -0.15) is 0 Å². The van der Waals surface area contributed by atoms with Crippen LogP contribution in [0.1, 0.15) is 31.4 Å². The van der Waals surface area contributed by atoms with E-state index in [1.165, 1.54) is 5.56 Å². The van der Waals surface area contributed by atoms with Crippen molar-refractivity contribution in [2.75, 3.05) is 0 Å². The molecule has 0 aliphatic heterocycles. The van der Waals surface area contributed by atoms with Crippen LogP contribution in [-0.4, -0.2) is 6.04 Å². The molecule has 0 aromatic heterocycles. The second-order valence-electron chi connectivity index (χ2n) is 5.21. The Labute approximate surface area is 132 Å². The van der Waals surface area contributed by atoms with Gasteiger partial charge in [-0.25, -0.2) is 0 Å². The molecular formula is C18H22ClNO. The van der Waals surface area contributed by atoms with E-state index in [1.807, 2.05) is 36.4 Å². The normalized spacial score (nSPS) is 12.1. The number of ether oxygens (including phenoxy) is 1. The number of hydrogen-bond donors (Lipinski definition) is 1. The lowest BCUT2D eigenvalue weighted by Gasteiger charge is -2.12. The average Bonchev–Trinajstić information content (AvgIpc) is 2.53. The predicted molar refractivity (Wildman–Crippen MR) is 88.8 cm³/mol. The van der Waals surface area contributed by atoms with Gasteiger partial charge in [0.1, 0.15) is 12.4 Å². The van der Waals surface area contributed by atoms with E-state index in [9.17, 15) is 0 Å². The Kier molecular flexibility index (Phi) is 6.09. The lowest BCUT2D eigenvalue weighted by atomic mass is 10.2. The van der Waals surface area contributed by atoms with Gasteiger partial charge in [-0.1, -0.05) is 48.9 Å². The zero-order valence-corrected chi connectivity index (χ0v) is 13.4. The third-order valence-corrected chi connectivity index (χ3v) is 3.91. The van der Waals surface area contributed by atoms with Crippen molar-refractivity contribution in [1.29, 1.82) is 0 Å². The van der Waals surface area contributed by atoms with Gasteiger partial charge >= 0.3 is 0 Å². The predicted octanol–water partition coefficient (Wildman–Crippen LogP) is 4.81. The minimum Gasteiger partial charge on any atom is -0.489 e. The third kappa shape index (κ3) is 5.07. The summed E-state index contributed by atoms with van der Waals surface area (Å²) in [7, 11) is 0. The first kappa shape index (κ1) is 15.9. The lowest BCUT2D eigenvalue weighted by Crippen LogP contribution is -2.24. The molecule has 0 unspecified atom stereocenters. The molecule has 2 nitrogen and oxygen atoms in total. The summed E-state index contributed by atoms with van der Waals surface area (Å²) < 4.78 is 5.77. The summed E-state index contributed by atoms with van der Waals surface area (Å²) in [5.74, 6) is 0.863. The lowest BCUT2D eigenvalue weighted by molar-refractivity contribution is 0.306. The fourth-order valence-corrected chi connectivity index (χ4v) is 2.11. The molecule has 0 radical (unpaired) electrons. The van der Waals surface area contributed by atoms with Crippen molar-refractivity contribution in [2.24, 2.45) is 0 Å². The van der Waals surface area contributed by atoms with Crippen LogP contribution >= 0.6 is 11.6 Å². The summed E-state index contributed by atoms with van der Waals surface area (Å²) in [5, 5.41) is 4.22. The van der Waals surface area contributed by atoms with E-state index in [2.05, 4.69) is 31.3 Å². The van der Waals surface area contributed by atoms with Gasteiger partial charge < -0.3 is 10.1 Å². The van der Waals surface area contributed by atoms with Crippen molar-refractivity contribution in [2.45, 2.75) is 39.5 Å². The number of hydrogen-bond acceptors (Lipinski definition) is 2. The first-order valence-electron chi connectivity index (χ1n) is 7.37. The summed E-state index contributed by atoms with van der Waals surface area (Å²) in [5.41, 5.74) is 2.27. The molecule has 2 rings (SSSR count). The van der Waals surface area contributed by atoms with E-state index < -0.39 is 0 Å². The molecule has 0 heterocycles. The highest BCUT2D eigenvalue weighted by atomic mass is 35.5. The standard InChI is InChI=1S/C18H22ClNO/c1-3-14(2)20-12-15-8-10-17(11-9-15)21-13-16-6-4-5-7-18(16)19/h4-11,14,20H,3,12-13H2,1-2H3/t14-/m0/s1. The van der Waals surface area contributed by atoms with Crippen LogP contribution in [0.5, 0.6) is 5.75 Å². The number of benzene rings is 2. The molecule has 3 heteroatoms. The molecule has 0 bridgehead atoms. The first-order valence-corrected chi connectivity index (χ1v) is 7.75. The Morgan fingerprint density at radius 2 is 1.81 bits per heavy atom. The largest absolute Gasteiger partial charge is 0.489 e. The summed E-state index contributed by atoms with van der Waals surface area (Å²) in [6.07, 6.45) is 1.14. The maximum atomic E-state index is 6.11. The Morgan fingerprint density at radius 1 is 1.10 bits per heavy atom. The second kappa shape index (κ2) is 8.06. The van der Waals surface area contributed by atoms with Crippen molar-refractivity contribution in [3.63, 3.8) is 0 Å². The molecular weight excluding hydrogens is 282 g/mol. The van der Waals surface area contributed by atoms with E-state index in [0.29, 0.717) is 12.6 Å². The third-order valence-electron chi connectivity index (χ3n) is 3.54. The molecule has 0 saturated carbocycles. The van der Waals surface area contributed by atoms with Crippen LogP contribution in [0.25, 0.3) is 0 Å². The Bertz CT molecular complexity index is 553. The fourth-order valence-electron chi connectivity index (χ4n) is 1.92. The maximum Gasteiger partial charge on any atom is 0.119 e. The summed E-state index contributed by atoms with van der Waals surface area (Å²) in [4.78, 5) is 0. The molecule has 0 saturated heterocycles. The highest BCUT2D eigenvalue weighted by Gasteiger charge is 2.02. The maximum absolute atomic E-state index is 6.11. The molecule has 2 aromatic rings. The molecule has 1 atom stereocenters. The molecule has 0 aliphatic carbocycles. The van der Waals surface area contributed by atoms with Crippen LogP contribution in [0.3, 0.4) is 0 Å². The van der Waals surface area contributed by atoms with Gasteiger partial charge in [0.05, 0.1) is 0 Å². The van der Waals surface area contributed by atoms with Crippen LogP contribution in [0.4, 0.5) is 0 Å². The topological polar surface area (TPSA) is 21.3 Å². The van der Waals surface area contributed by atoms with Gasteiger partial charge in [-0.05, 0) is 37.1 Å². The Morgan fingerprint density at radius 3 is 2.48 bits per heavy atom. The average molecular weight is 304 g/mol. The zero-order valence-electron chi connectivity index (χ0n) is 12.6. The zero-order chi connectivity index (χ0) is 15.1. The number of nitrogens with one attached hydrogen (secondary N) is 1. The molecule has 2 aromatic carbocycles. The molecule has 21 heavy (non-hydrogen) atoms. The van der Waals surface area contributed by atoms with Crippen LogP contribution < -0.4 is 10.1 Å². The summed E-state index contributed by atoms with van der Waals surface area (Å²) >= 11 is 6.11. The molecule has 1 N–H and O–H groups in total. The molecule has 112 valence electrons. The highest BCUT2D eigenvalue weighted by molar-refractivity contribution is 6.31. The highest BCUT2D eigenvalue weighted by Crippen LogP contribution is 2.19. The van der Waals surface area contributed by atoms with Gasteiger partial charge in [-0.3, -0.25) is 0 Å². The first-order chi connectivity index (χ1) is 10.2. The second-order valence-corrected chi connectivity index (χ2v) is 5.62. The monoisotopic (exact) mass is 303 g/mol. The van der Waals surface area contributed by atoms with Gasteiger partial charge in [0.2, 0.25) is 0 Å². The van der Waals surface area contributed by atoms with E-state index in [1.54, 1.807) is 0 Å². The Balaban J connectivity index is 1.86. The summed E-state index contributed by atoms with van der Waals surface area (Å²) in [6, 6.07) is 16.5. The van der Waals surface area contributed by atoms with Gasteiger partial charge in [0, 0.05) is 23.2 Å². The fraction of sp³-hybridized carbons (Fsp3) is 0.333. The minimum atomic E-state index is 0.490. The minimum absolute atomic E-state index is 0.490. The quantitative estimate of drug-likeness (QED) is 0.793. The van der Waals surface area contributed by atoms with Crippen molar-refractivity contribution >= 4 is 11.6 Å². The van der Waals surface area contributed by atoms with Crippen LogP contribution in [0.2, 0.25) is 5.02 Å². The summed E-state index contributed by atoms with van der Waals surface area (Å²) in [6.45, 7) is 5.76. The molecule has 0 amide bonds. The van der Waals surface area contributed by atoms with Crippen molar-refractivity contribution < 1.29 is 4.74 Å². The SMILES string of the molecule is CC[C@H](C)NCc1ccc(OCc2ccccc2Cl)cc1. The van der Waals surface area contributed by atoms with Crippen LogP contribution in [-0.2, 0) is 13.2 Å². The van der Waals surface area contributed by atoms with E-state index in [4.69, 9.17) is 16.3 Å². The van der Waals surface area contributed by atoms with Crippen molar-refractivity contribution in [3.05, 3.63) is 64.7 Å². The van der Waals surface area contributed by atoms with Gasteiger partial charge in [0.15, 0.2) is 0 Å². The van der Waals surface area contributed by atoms with Crippen molar-refractivity contribution in [3.8, 4) is 5.75 Å². The van der Waals surface area contributed by atoms with Gasteiger partial charge in [-0.15, -0.1) is 0 Å². The van der Waals surface area contributed by atoms with Crippen LogP contribution in [0.15, 0.2) is 48.5 Å². The molecule has 0 fully saturated rings.